The van der Waals surface area contributed by atoms with Crippen LogP contribution in [0.15, 0.2) is 48.5 Å². The Morgan fingerprint density at radius 1 is 1.04 bits per heavy atom. The van der Waals surface area contributed by atoms with E-state index in [1.165, 1.54) is 11.1 Å². The van der Waals surface area contributed by atoms with Crippen LogP contribution in [0, 0.1) is 25.2 Å². The Kier molecular flexibility index (Phi) is 5.92. The van der Waals surface area contributed by atoms with Crippen molar-refractivity contribution in [1.29, 1.82) is 0 Å². The van der Waals surface area contributed by atoms with Crippen LogP contribution in [0.2, 0.25) is 0 Å². The Morgan fingerprint density at radius 2 is 1.59 bits per heavy atom. The summed E-state index contributed by atoms with van der Waals surface area (Å²) in [4.78, 5) is 13.1. The second kappa shape index (κ2) is 8.04. The number of benzene rings is 2. The molecule has 1 aliphatic carbocycles. The lowest BCUT2D eigenvalue weighted by Crippen LogP contribution is -2.35. The number of hydrogen-bond acceptors (Lipinski definition) is 2. The van der Waals surface area contributed by atoms with E-state index in [4.69, 9.17) is 0 Å². The molecule has 0 radical (unpaired) electrons. The van der Waals surface area contributed by atoms with Gasteiger partial charge in [0.1, 0.15) is 0 Å². The molecule has 0 bridgehead atoms. The predicted molar refractivity (Wildman–Crippen MR) is 112 cm³/mol. The molecule has 2 fully saturated rings. The smallest absolute Gasteiger partial charge is 0.224 e. The Labute approximate surface area is 168 Å². The minimum atomic E-state index is -0.0818. The molecule has 4 heteroatoms. The van der Waals surface area contributed by atoms with Crippen LogP contribution in [0.3, 0.4) is 0 Å². The lowest BCUT2D eigenvalue weighted by Gasteiger charge is -2.25. The Balaban J connectivity index is 0.00000210. The number of piperidine rings is 1. The molecule has 1 saturated heterocycles. The Bertz CT molecular complexity index is 768. The largest absolute Gasteiger partial charge is 0.345 e. The van der Waals surface area contributed by atoms with Gasteiger partial charge in [-0.3, -0.25) is 4.79 Å². The molecule has 4 rings (SSSR count). The molecule has 1 aliphatic heterocycles. The van der Waals surface area contributed by atoms with Gasteiger partial charge in [0.25, 0.3) is 0 Å². The molecular formula is C23H29ClN2O. The first-order valence-corrected chi connectivity index (χ1v) is 9.72. The van der Waals surface area contributed by atoms with Gasteiger partial charge in [0.2, 0.25) is 5.91 Å². The summed E-state index contributed by atoms with van der Waals surface area (Å²) < 4.78 is 0. The fraction of sp³-hybridized carbons (Fsp3) is 0.435. The van der Waals surface area contributed by atoms with Crippen LogP contribution in [0.4, 0.5) is 0 Å². The number of hydrogen-bond donors (Lipinski definition) is 2. The number of nitrogens with one attached hydrogen (secondary N) is 2. The zero-order valence-corrected chi connectivity index (χ0v) is 16.9. The average Bonchev–Trinajstić information content (AvgIpc) is 3.33. The van der Waals surface area contributed by atoms with E-state index in [0.29, 0.717) is 0 Å². The van der Waals surface area contributed by atoms with Crippen molar-refractivity contribution in [3.8, 4) is 0 Å². The van der Waals surface area contributed by atoms with Gasteiger partial charge in [-0.1, -0.05) is 59.7 Å². The van der Waals surface area contributed by atoms with E-state index >= 15 is 0 Å². The van der Waals surface area contributed by atoms with E-state index in [1.807, 2.05) is 0 Å². The number of carbonyl (C=O) groups is 1. The number of carbonyl (C=O) groups excluding carboxylic acids is 1. The number of aryl methyl sites for hydroxylation is 2. The lowest BCUT2D eigenvalue weighted by molar-refractivity contribution is -0.123. The molecule has 3 nitrogen and oxygen atoms in total. The van der Waals surface area contributed by atoms with Gasteiger partial charge < -0.3 is 10.6 Å². The summed E-state index contributed by atoms with van der Waals surface area (Å²) in [6.07, 6.45) is 3.31. The van der Waals surface area contributed by atoms with Gasteiger partial charge in [0, 0.05) is 5.92 Å². The highest BCUT2D eigenvalue weighted by atomic mass is 35.5. The summed E-state index contributed by atoms with van der Waals surface area (Å²) in [6, 6.07) is 16.9. The number of amides is 1. The van der Waals surface area contributed by atoms with Crippen molar-refractivity contribution < 1.29 is 4.79 Å². The average molecular weight is 385 g/mol. The number of rotatable bonds is 4. The van der Waals surface area contributed by atoms with Gasteiger partial charge in [-0.15, -0.1) is 12.4 Å². The molecule has 1 saturated carbocycles. The van der Waals surface area contributed by atoms with Crippen molar-refractivity contribution in [3.63, 3.8) is 0 Å². The molecule has 1 unspecified atom stereocenters. The standard InChI is InChI=1S/C23H28N2O.ClH/c1-16-5-3-7-18(13-16)21(19-8-4-6-17(2)14-19)25-22(26)20-15-23(20)9-11-24-12-10-23;/h3-8,13-14,20-21,24H,9-12,15H2,1-2H3,(H,25,26);1H. The molecule has 2 N–H and O–H groups in total. The molecule has 0 aromatic heterocycles. The Morgan fingerprint density at radius 3 is 2.11 bits per heavy atom. The van der Waals surface area contributed by atoms with Crippen molar-refractivity contribution in [2.24, 2.45) is 11.3 Å². The van der Waals surface area contributed by atoms with Crippen LogP contribution in [-0.4, -0.2) is 19.0 Å². The first kappa shape index (κ1) is 19.9. The summed E-state index contributed by atoms with van der Waals surface area (Å²) in [5, 5.41) is 6.79. The summed E-state index contributed by atoms with van der Waals surface area (Å²) >= 11 is 0. The summed E-state index contributed by atoms with van der Waals surface area (Å²) in [5.41, 5.74) is 5.01. The van der Waals surface area contributed by atoms with Crippen LogP contribution in [-0.2, 0) is 4.79 Å². The molecule has 2 aliphatic rings. The zero-order chi connectivity index (χ0) is 18.1. The van der Waals surface area contributed by atoms with Gasteiger partial charge in [0.05, 0.1) is 6.04 Å². The second-order valence-electron chi connectivity index (χ2n) is 8.14. The van der Waals surface area contributed by atoms with Crippen LogP contribution >= 0.6 is 12.4 Å². The van der Waals surface area contributed by atoms with E-state index in [2.05, 4.69) is 73.0 Å². The number of halogens is 1. The maximum Gasteiger partial charge on any atom is 0.224 e. The highest BCUT2D eigenvalue weighted by Crippen LogP contribution is 2.58. The van der Waals surface area contributed by atoms with Crippen molar-refractivity contribution in [1.82, 2.24) is 10.6 Å². The van der Waals surface area contributed by atoms with E-state index < -0.39 is 0 Å². The predicted octanol–water partition coefficient (Wildman–Crippen LogP) is 4.32. The second-order valence-corrected chi connectivity index (χ2v) is 8.14. The van der Waals surface area contributed by atoms with Gasteiger partial charge in [0.15, 0.2) is 0 Å². The summed E-state index contributed by atoms with van der Waals surface area (Å²) in [7, 11) is 0. The topological polar surface area (TPSA) is 41.1 Å². The van der Waals surface area contributed by atoms with Gasteiger partial charge >= 0.3 is 0 Å². The quantitative estimate of drug-likeness (QED) is 0.824. The molecular weight excluding hydrogens is 356 g/mol. The third-order valence-electron chi connectivity index (χ3n) is 6.14. The van der Waals surface area contributed by atoms with Gasteiger partial charge in [-0.2, -0.15) is 0 Å². The molecule has 1 heterocycles. The van der Waals surface area contributed by atoms with Gasteiger partial charge in [-0.05, 0) is 62.7 Å². The highest BCUT2D eigenvalue weighted by Gasteiger charge is 2.57. The van der Waals surface area contributed by atoms with Crippen molar-refractivity contribution in [2.45, 2.75) is 39.2 Å². The lowest BCUT2D eigenvalue weighted by atomic mass is 9.91. The molecule has 1 atom stereocenters. The molecule has 2 aromatic carbocycles. The van der Waals surface area contributed by atoms with E-state index in [-0.39, 0.29) is 35.7 Å². The molecule has 1 amide bonds. The molecule has 1 spiro atoms. The monoisotopic (exact) mass is 384 g/mol. The van der Waals surface area contributed by atoms with E-state index in [9.17, 15) is 4.79 Å². The minimum absolute atomic E-state index is 0. The van der Waals surface area contributed by atoms with Crippen molar-refractivity contribution in [3.05, 3.63) is 70.8 Å². The maximum atomic E-state index is 13.1. The van der Waals surface area contributed by atoms with E-state index in [1.54, 1.807) is 0 Å². The SMILES string of the molecule is Cc1cccc(C(NC(=O)C2CC23CCNCC3)c2cccc(C)c2)c1.Cl. The third-order valence-corrected chi connectivity index (χ3v) is 6.14. The first-order valence-electron chi connectivity index (χ1n) is 9.72. The van der Waals surface area contributed by atoms with Crippen LogP contribution in [0.5, 0.6) is 0 Å². The normalized spacial score (nSPS) is 20.2. The highest BCUT2D eigenvalue weighted by molar-refractivity contribution is 5.85. The summed E-state index contributed by atoms with van der Waals surface area (Å²) in [6.45, 7) is 6.29. The molecule has 144 valence electrons. The fourth-order valence-electron chi connectivity index (χ4n) is 4.50. The maximum absolute atomic E-state index is 13.1. The van der Waals surface area contributed by atoms with E-state index in [0.717, 1.165) is 43.5 Å². The summed E-state index contributed by atoms with van der Waals surface area (Å²) in [5.74, 6) is 0.404. The minimum Gasteiger partial charge on any atom is -0.345 e. The van der Waals surface area contributed by atoms with Gasteiger partial charge in [-0.25, -0.2) is 0 Å². The molecule has 2 aromatic rings. The van der Waals surface area contributed by atoms with Crippen molar-refractivity contribution in [2.75, 3.05) is 13.1 Å². The van der Waals surface area contributed by atoms with Crippen LogP contribution in [0.25, 0.3) is 0 Å². The van der Waals surface area contributed by atoms with Crippen LogP contribution in [0.1, 0.15) is 47.6 Å². The molecule has 27 heavy (non-hydrogen) atoms. The Hall–Kier alpha value is -1.84. The third kappa shape index (κ3) is 4.20. The van der Waals surface area contributed by atoms with Crippen LogP contribution < -0.4 is 10.6 Å². The van der Waals surface area contributed by atoms with Crippen molar-refractivity contribution >= 4 is 18.3 Å². The fourth-order valence-corrected chi connectivity index (χ4v) is 4.50. The first-order chi connectivity index (χ1) is 12.6. The zero-order valence-electron chi connectivity index (χ0n) is 16.1.